The molecule has 1 heterocycles. The van der Waals surface area contributed by atoms with Crippen LogP contribution in [0.5, 0.6) is 5.75 Å². The molecular formula is C16H16F3NO4S. The summed E-state index contributed by atoms with van der Waals surface area (Å²) in [5.41, 5.74) is 1.06. The number of halogens is 3. The average Bonchev–Trinajstić information content (AvgIpc) is 3.08. The number of aliphatic hydroxyl groups excluding tert-OH is 1. The fourth-order valence-electron chi connectivity index (χ4n) is 2.02. The summed E-state index contributed by atoms with van der Waals surface area (Å²) >= 11 is 1.48. The number of hydrogen-bond donors (Lipinski definition) is 2. The number of aliphatic hydroxyl groups is 1. The molecule has 0 spiro atoms. The highest BCUT2D eigenvalue weighted by Crippen LogP contribution is 2.23. The van der Waals surface area contributed by atoms with Crippen molar-refractivity contribution < 1.29 is 32.5 Å². The Hall–Kier alpha value is -2.10. The minimum atomic E-state index is -4.78. The molecule has 0 saturated heterocycles. The fraction of sp³-hybridized carbons (Fsp3) is 0.312. The van der Waals surface area contributed by atoms with Crippen LogP contribution in [0.2, 0.25) is 0 Å². The normalized spacial score (nSPS) is 12.6. The quantitative estimate of drug-likeness (QED) is 0.744. The van der Waals surface area contributed by atoms with Gasteiger partial charge in [0, 0.05) is 12.1 Å². The molecule has 1 amide bonds. The number of alkyl halides is 3. The van der Waals surface area contributed by atoms with E-state index in [1.807, 2.05) is 16.8 Å². The molecule has 1 aromatic heterocycles. The van der Waals surface area contributed by atoms with Crippen LogP contribution in [0.15, 0.2) is 41.1 Å². The predicted octanol–water partition coefficient (Wildman–Crippen LogP) is 3.13. The van der Waals surface area contributed by atoms with E-state index < -0.39 is 24.1 Å². The molecule has 25 heavy (non-hydrogen) atoms. The van der Waals surface area contributed by atoms with Crippen LogP contribution >= 0.6 is 11.3 Å². The molecule has 0 aliphatic heterocycles. The number of benzene rings is 1. The number of carbonyl (C=O) groups is 1. The predicted molar refractivity (Wildman–Crippen MR) is 85.6 cm³/mol. The molecule has 1 atom stereocenters. The molecule has 2 aromatic rings. The molecule has 0 aliphatic carbocycles. The van der Waals surface area contributed by atoms with Gasteiger partial charge in [0.05, 0.1) is 13.2 Å². The summed E-state index contributed by atoms with van der Waals surface area (Å²) in [6.45, 7) is 0.144. The lowest BCUT2D eigenvalue weighted by Gasteiger charge is -2.17. The number of carbonyl (C=O) groups excluding carboxylic acids is 1. The third kappa shape index (κ3) is 6.37. The van der Waals surface area contributed by atoms with Crippen molar-refractivity contribution >= 4 is 17.2 Å². The van der Waals surface area contributed by atoms with Crippen molar-refractivity contribution in [3.8, 4) is 5.75 Å². The Bertz CT molecular complexity index is 659. The number of ether oxygens (including phenoxy) is 2. The monoisotopic (exact) mass is 375 g/mol. The van der Waals surface area contributed by atoms with Gasteiger partial charge in [0.25, 0.3) is 5.91 Å². The van der Waals surface area contributed by atoms with Crippen LogP contribution in [0, 0.1) is 0 Å². The zero-order valence-corrected chi connectivity index (χ0v) is 13.8. The Morgan fingerprint density at radius 3 is 2.52 bits per heavy atom. The summed E-state index contributed by atoms with van der Waals surface area (Å²) < 4.78 is 45.6. The Kier molecular flexibility index (Phi) is 6.80. The van der Waals surface area contributed by atoms with Gasteiger partial charge in [0.15, 0.2) is 0 Å². The molecule has 9 heteroatoms. The number of thiophene rings is 1. The van der Waals surface area contributed by atoms with Crippen LogP contribution in [0.3, 0.4) is 0 Å². The Labute approximate surface area is 146 Å². The van der Waals surface area contributed by atoms with Gasteiger partial charge in [-0.3, -0.25) is 4.79 Å². The highest BCUT2D eigenvalue weighted by Gasteiger charge is 2.31. The van der Waals surface area contributed by atoms with E-state index in [-0.39, 0.29) is 25.3 Å². The lowest BCUT2D eigenvalue weighted by Crippen LogP contribution is -2.29. The zero-order chi connectivity index (χ0) is 18.3. The third-order valence-electron chi connectivity index (χ3n) is 3.12. The lowest BCUT2D eigenvalue weighted by atomic mass is 10.1. The topological polar surface area (TPSA) is 67.8 Å². The highest BCUT2D eigenvalue weighted by atomic mass is 32.1. The maximum Gasteiger partial charge on any atom is 0.573 e. The first kappa shape index (κ1) is 19.2. The summed E-state index contributed by atoms with van der Waals surface area (Å²) in [6, 6.07) is 6.47. The van der Waals surface area contributed by atoms with Crippen LogP contribution in [0.25, 0.3) is 0 Å². The molecule has 136 valence electrons. The Morgan fingerprint density at radius 1 is 1.24 bits per heavy atom. The van der Waals surface area contributed by atoms with Gasteiger partial charge < -0.3 is 19.9 Å². The van der Waals surface area contributed by atoms with Crippen molar-refractivity contribution in [2.24, 2.45) is 0 Å². The van der Waals surface area contributed by atoms with E-state index in [0.29, 0.717) is 0 Å². The van der Waals surface area contributed by atoms with Gasteiger partial charge in [0.2, 0.25) is 0 Å². The molecule has 0 unspecified atom stereocenters. The van der Waals surface area contributed by atoms with Crippen LogP contribution in [0.4, 0.5) is 13.2 Å². The van der Waals surface area contributed by atoms with E-state index in [1.54, 1.807) is 0 Å². The first-order chi connectivity index (χ1) is 11.9. The fourth-order valence-corrected chi connectivity index (χ4v) is 2.72. The van der Waals surface area contributed by atoms with Gasteiger partial charge in [-0.2, -0.15) is 11.3 Å². The van der Waals surface area contributed by atoms with Gasteiger partial charge in [0.1, 0.15) is 11.9 Å². The lowest BCUT2D eigenvalue weighted by molar-refractivity contribution is -0.274. The second kappa shape index (κ2) is 8.84. The standard InChI is InChI=1S/C16H16F3NO4S/c17-16(18,19)24-13-3-1-11(2-4-13)15(22)20-9-14(23-7-6-21)12-5-8-25-10-12/h1-5,8,10,14,21H,6-7,9H2,(H,20,22)/t14-/m1/s1. The summed E-state index contributed by atoms with van der Waals surface area (Å²) in [7, 11) is 0. The van der Waals surface area contributed by atoms with Crippen molar-refractivity contribution in [3.05, 3.63) is 52.2 Å². The van der Waals surface area contributed by atoms with Crippen LogP contribution < -0.4 is 10.1 Å². The Morgan fingerprint density at radius 2 is 1.96 bits per heavy atom. The molecule has 2 N–H and O–H groups in total. The van der Waals surface area contributed by atoms with Crippen molar-refractivity contribution in [1.29, 1.82) is 0 Å². The van der Waals surface area contributed by atoms with Gasteiger partial charge in [-0.1, -0.05) is 0 Å². The van der Waals surface area contributed by atoms with Gasteiger partial charge >= 0.3 is 6.36 Å². The van der Waals surface area contributed by atoms with Crippen LogP contribution in [-0.4, -0.2) is 37.1 Å². The van der Waals surface area contributed by atoms with Crippen LogP contribution in [-0.2, 0) is 4.74 Å². The van der Waals surface area contributed by atoms with Gasteiger partial charge in [-0.25, -0.2) is 0 Å². The largest absolute Gasteiger partial charge is 0.573 e. The molecule has 0 saturated carbocycles. The van der Waals surface area contributed by atoms with E-state index in [9.17, 15) is 18.0 Å². The first-order valence-corrected chi connectivity index (χ1v) is 8.22. The minimum Gasteiger partial charge on any atom is -0.406 e. The smallest absolute Gasteiger partial charge is 0.406 e. The Balaban J connectivity index is 1.93. The molecular weight excluding hydrogens is 359 g/mol. The second-order valence-corrected chi connectivity index (χ2v) is 5.70. The van der Waals surface area contributed by atoms with E-state index in [2.05, 4.69) is 10.1 Å². The maximum absolute atomic E-state index is 12.1. The van der Waals surface area contributed by atoms with Crippen molar-refractivity contribution in [2.75, 3.05) is 19.8 Å². The number of rotatable bonds is 8. The van der Waals surface area contributed by atoms with E-state index in [0.717, 1.165) is 17.7 Å². The molecule has 0 fully saturated rings. The highest BCUT2D eigenvalue weighted by molar-refractivity contribution is 7.07. The molecule has 2 rings (SSSR count). The van der Waals surface area contributed by atoms with Crippen molar-refractivity contribution in [3.63, 3.8) is 0 Å². The molecule has 1 aromatic carbocycles. The number of nitrogens with one attached hydrogen (secondary N) is 1. The van der Waals surface area contributed by atoms with E-state index in [1.165, 1.54) is 23.5 Å². The molecule has 0 aliphatic rings. The van der Waals surface area contributed by atoms with E-state index in [4.69, 9.17) is 9.84 Å². The average molecular weight is 375 g/mol. The SMILES string of the molecule is O=C(NC[C@@H](OCCO)c1ccsc1)c1ccc(OC(F)(F)F)cc1. The number of amides is 1. The van der Waals surface area contributed by atoms with Gasteiger partial charge in [-0.15, -0.1) is 13.2 Å². The summed E-state index contributed by atoms with van der Waals surface area (Å²) in [5.74, 6) is -0.849. The minimum absolute atomic E-state index is 0.125. The molecule has 0 bridgehead atoms. The van der Waals surface area contributed by atoms with Crippen molar-refractivity contribution in [2.45, 2.75) is 12.5 Å². The van der Waals surface area contributed by atoms with Crippen LogP contribution in [0.1, 0.15) is 22.0 Å². The maximum atomic E-state index is 12.1. The summed E-state index contributed by atoms with van der Waals surface area (Å²) in [4.78, 5) is 12.1. The van der Waals surface area contributed by atoms with E-state index >= 15 is 0 Å². The second-order valence-electron chi connectivity index (χ2n) is 4.92. The molecule has 5 nitrogen and oxygen atoms in total. The van der Waals surface area contributed by atoms with Gasteiger partial charge in [-0.05, 0) is 46.7 Å². The molecule has 0 radical (unpaired) electrons. The summed E-state index contributed by atoms with van der Waals surface area (Å²) in [6.07, 6.45) is -5.20. The zero-order valence-electron chi connectivity index (χ0n) is 13.0. The number of hydrogen-bond acceptors (Lipinski definition) is 5. The summed E-state index contributed by atoms with van der Waals surface area (Å²) in [5, 5.41) is 15.3. The third-order valence-corrected chi connectivity index (χ3v) is 3.82. The first-order valence-electron chi connectivity index (χ1n) is 7.27. The van der Waals surface area contributed by atoms with Crippen molar-refractivity contribution in [1.82, 2.24) is 5.32 Å².